The quantitative estimate of drug-likeness (QED) is 0.327. The summed E-state index contributed by atoms with van der Waals surface area (Å²) >= 11 is 3.49. The summed E-state index contributed by atoms with van der Waals surface area (Å²) in [5.74, 6) is -0.786. The minimum absolute atomic E-state index is 0.123. The molecular weight excluding hydrogens is 590 g/mol. The molecule has 1 N–H and O–H groups in total. The van der Waals surface area contributed by atoms with E-state index in [4.69, 9.17) is 0 Å². The number of amides is 2. The van der Waals surface area contributed by atoms with Crippen molar-refractivity contribution in [3.63, 3.8) is 0 Å². The van der Waals surface area contributed by atoms with Crippen molar-refractivity contribution >= 4 is 43.5 Å². The lowest BCUT2D eigenvalue weighted by Crippen LogP contribution is -2.56. The van der Waals surface area contributed by atoms with Crippen molar-refractivity contribution in [3.8, 4) is 0 Å². The summed E-state index contributed by atoms with van der Waals surface area (Å²) in [7, 11) is -3.82. The first-order chi connectivity index (χ1) is 18.6. The normalized spacial score (nSPS) is 12.5. The fraction of sp³-hybridized carbons (Fsp3) is 0.355. The molecule has 1 atom stereocenters. The lowest BCUT2D eigenvalue weighted by Gasteiger charge is -2.35. The highest BCUT2D eigenvalue weighted by Crippen LogP contribution is 2.23. The molecule has 0 saturated carbocycles. The van der Waals surface area contributed by atoms with Gasteiger partial charge in [-0.2, -0.15) is 0 Å². The van der Waals surface area contributed by atoms with E-state index in [0.717, 1.165) is 37.3 Å². The fourth-order valence-corrected chi connectivity index (χ4v) is 5.83. The first-order valence-corrected chi connectivity index (χ1v) is 15.7. The molecule has 7 nitrogen and oxygen atoms in total. The van der Waals surface area contributed by atoms with Gasteiger partial charge in [-0.25, -0.2) is 8.42 Å². The van der Waals surface area contributed by atoms with E-state index < -0.39 is 34.1 Å². The Kier molecular flexibility index (Phi) is 10.2. The predicted molar refractivity (Wildman–Crippen MR) is 165 cm³/mol. The number of aryl methyl sites for hydroxylation is 2. The van der Waals surface area contributed by atoms with Crippen LogP contribution in [0.4, 0.5) is 5.69 Å². The van der Waals surface area contributed by atoms with Crippen LogP contribution in [0.15, 0.2) is 77.3 Å². The van der Waals surface area contributed by atoms with Crippen LogP contribution < -0.4 is 9.62 Å². The third kappa shape index (κ3) is 9.20. The Balaban J connectivity index is 2.09. The average molecular weight is 629 g/mol. The van der Waals surface area contributed by atoms with Crippen molar-refractivity contribution in [1.29, 1.82) is 0 Å². The zero-order valence-electron chi connectivity index (χ0n) is 23.9. The van der Waals surface area contributed by atoms with Crippen LogP contribution in [0.1, 0.15) is 43.0 Å². The number of benzene rings is 3. The SMILES string of the molecule is Cc1cc(C)cc(N(CC(=O)N(Cc2cccc(Br)c2)[C@@H](Cc2ccccc2)C(=O)NC(C)(C)C)S(C)(=O)=O)c1. The standard InChI is InChI=1S/C31H38BrN3O4S/c1-22-15-23(2)17-27(16-22)35(40(6,38)39)21-29(36)34(20-25-13-10-14-26(32)18-25)28(30(37)33-31(3,4)5)19-24-11-8-7-9-12-24/h7-18,28H,19-21H2,1-6H3,(H,33,37)/t28-/m0/s1. The Labute approximate surface area is 246 Å². The van der Waals surface area contributed by atoms with Crippen molar-refractivity contribution in [1.82, 2.24) is 10.2 Å². The Morgan fingerprint density at radius 2 is 1.50 bits per heavy atom. The van der Waals surface area contributed by atoms with Gasteiger partial charge in [-0.1, -0.05) is 64.5 Å². The number of hydrogen-bond acceptors (Lipinski definition) is 4. The summed E-state index contributed by atoms with van der Waals surface area (Å²) in [5.41, 5.74) is 3.34. The number of carbonyl (C=O) groups excluding carboxylic acids is 2. The lowest BCUT2D eigenvalue weighted by molar-refractivity contribution is -0.140. The van der Waals surface area contributed by atoms with Gasteiger partial charge < -0.3 is 10.2 Å². The summed E-state index contributed by atoms with van der Waals surface area (Å²) in [6, 6.07) is 21.6. The highest BCUT2D eigenvalue weighted by molar-refractivity contribution is 9.10. The molecule has 9 heteroatoms. The van der Waals surface area contributed by atoms with Gasteiger partial charge in [0.25, 0.3) is 0 Å². The number of hydrogen-bond donors (Lipinski definition) is 1. The van der Waals surface area contributed by atoms with Crippen LogP contribution in [0.2, 0.25) is 0 Å². The monoisotopic (exact) mass is 627 g/mol. The van der Waals surface area contributed by atoms with Crippen LogP contribution in [-0.4, -0.2) is 49.5 Å². The summed E-state index contributed by atoms with van der Waals surface area (Å²) in [6.07, 6.45) is 1.36. The fourth-order valence-electron chi connectivity index (χ4n) is 4.55. The third-order valence-corrected chi connectivity index (χ3v) is 7.82. The molecular formula is C31H38BrN3O4S. The molecule has 0 fully saturated rings. The Morgan fingerprint density at radius 1 is 0.900 bits per heavy atom. The molecule has 0 bridgehead atoms. The van der Waals surface area contributed by atoms with Crippen LogP contribution in [0.25, 0.3) is 0 Å². The van der Waals surface area contributed by atoms with Gasteiger partial charge in [-0.05, 0) is 81.1 Å². The van der Waals surface area contributed by atoms with Gasteiger partial charge in [0, 0.05) is 23.0 Å². The maximum Gasteiger partial charge on any atom is 0.244 e. The molecule has 0 heterocycles. The summed E-state index contributed by atoms with van der Waals surface area (Å²) < 4.78 is 27.9. The van der Waals surface area contributed by atoms with Crippen molar-refractivity contribution in [2.75, 3.05) is 17.1 Å². The van der Waals surface area contributed by atoms with Crippen molar-refractivity contribution in [2.45, 2.75) is 59.2 Å². The topological polar surface area (TPSA) is 86.8 Å². The van der Waals surface area contributed by atoms with Gasteiger partial charge in [-0.15, -0.1) is 0 Å². The van der Waals surface area contributed by atoms with E-state index in [0.29, 0.717) is 5.69 Å². The summed E-state index contributed by atoms with van der Waals surface area (Å²) in [6.45, 7) is 9.10. The van der Waals surface area contributed by atoms with Gasteiger partial charge in [0.15, 0.2) is 0 Å². The van der Waals surface area contributed by atoms with Crippen molar-refractivity contribution in [3.05, 3.63) is 99.5 Å². The predicted octanol–water partition coefficient (Wildman–Crippen LogP) is 5.39. The summed E-state index contributed by atoms with van der Waals surface area (Å²) in [4.78, 5) is 29.4. The second-order valence-electron chi connectivity index (χ2n) is 11.2. The minimum Gasteiger partial charge on any atom is -0.350 e. The highest BCUT2D eigenvalue weighted by Gasteiger charge is 2.34. The molecule has 3 aromatic carbocycles. The number of nitrogens with one attached hydrogen (secondary N) is 1. The minimum atomic E-state index is -3.82. The van der Waals surface area contributed by atoms with Gasteiger partial charge in [-0.3, -0.25) is 13.9 Å². The van der Waals surface area contributed by atoms with Gasteiger partial charge >= 0.3 is 0 Å². The van der Waals surface area contributed by atoms with Gasteiger partial charge in [0.05, 0.1) is 11.9 Å². The van der Waals surface area contributed by atoms with Crippen LogP contribution in [0, 0.1) is 13.8 Å². The van der Waals surface area contributed by atoms with Crippen LogP contribution >= 0.6 is 15.9 Å². The van der Waals surface area contributed by atoms with Crippen LogP contribution in [0.3, 0.4) is 0 Å². The molecule has 0 aliphatic heterocycles. The van der Waals surface area contributed by atoms with Crippen LogP contribution in [0.5, 0.6) is 0 Å². The molecule has 0 aliphatic rings. The lowest BCUT2D eigenvalue weighted by atomic mass is 10.0. The van der Waals surface area contributed by atoms with E-state index >= 15 is 0 Å². The number of anilines is 1. The first-order valence-electron chi connectivity index (χ1n) is 13.1. The molecule has 0 aliphatic carbocycles. The molecule has 3 aromatic rings. The van der Waals surface area contributed by atoms with E-state index in [9.17, 15) is 18.0 Å². The molecule has 214 valence electrons. The summed E-state index contributed by atoms with van der Waals surface area (Å²) in [5, 5.41) is 3.03. The molecule has 0 unspecified atom stereocenters. The van der Waals surface area contributed by atoms with E-state index in [1.54, 1.807) is 12.1 Å². The largest absolute Gasteiger partial charge is 0.350 e. The molecule has 0 radical (unpaired) electrons. The number of halogens is 1. The molecule has 3 rings (SSSR count). The number of nitrogens with zero attached hydrogens (tertiary/aromatic N) is 2. The Hall–Kier alpha value is -3.17. The van der Waals surface area contributed by atoms with Crippen molar-refractivity contribution in [2.24, 2.45) is 0 Å². The zero-order valence-corrected chi connectivity index (χ0v) is 26.3. The number of carbonyl (C=O) groups is 2. The second-order valence-corrected chi connectivity index (χ2v) is 14.0. The zero-order chi connectivity index (χ0) is 29.7. The maximum atomic E-state index is 14.2. The molecule has 40 heavy (non-hydrogen) atoms. The third-order valence-electron chi connectivity index (χ3n) is 6.18. The highest BCUT2D eigenvalue weighted by atomic mass is 79.9. The number of rotatable bonds is 10. The average Bonchev–Trinajstić information content (AvgIpc) is 2.82. The molecule has 2 amide bonds. The van der Waals surface area contributed by atoms with Gasteiger partial charge in [0.1, 0.15) is 12.6 Å². The van der Waals surface area contributed by atoms with E-state index in [1.165, 1.54) is 4.90 Å². The van der Waals surface area contributed by atoms with E-state index in [-0.39, 0.29) is 18.9 Å². The Bertz CT molecular complexity index is 1430. The van der Waals surface area contributed by atoms with E-state index in [2.05, 4.69) is 21.2 Å². The molecule has 0 saturated heterocycles. The van der Waals surface area contributed by atoms with Gasteiger partial charge in [0.2, 0.25) is 21.8 Å². The Morgan fingerprint density at radius 3 is 2.05 bits per heavy atom. The number of sulfonamides is 1. The van der Waals surface area contributed by atoms with Crippen molar-refractivity contribution < 1.29 is 18.0 Å². The first kappa shape index (κ1) is 31.4. The second kappa shape index (κ2) is 13.0. The maximum absolute atomic E-state index is 14.2. The van der Waals surface area contributed by atoms with E-state index in [1.807, 2.05) is 95.3 Å². The molecule has 0 aromatic heterocycles. The van der Waals surface area contributed by atoms with Crippen LogP contribution in [-0.2, 0) is 32.6 Å². The molecule has 0 spiro atoms. The smallest absolute Gasteiger partial charge is 0.244 e.